The average Bonchev–Trinajstić information content (AvgIpc) is 2.56. The van der Waals surface area contributed by atoms with Crippen LogP contribution in [0.4, 0.5) is 16.2 Å². The van der Waals surface area contributed by atoms with Crippen LogP contribution >= 0.6 is 11.8 Å². The third kappa shape index (κ3) is 4.16. The molecule has 6 heteroatoms. The molecule has 0 radical (unpaired) electrons. The maximum Gasteiger partial charge on any atom is 0.322 e. The molecule has 0 saturated carbocycles. The van der Waals surface area contributed by atoms with Gasteiger partial charge >= 0.3 is 6.03 Å². The zero-order valence-corrected chi connectivity index (χ0v) is 15.6. The van der Waals surface area contributed by atoms with Crippen molar-refractivity contribution in [2.45, 2.75) is 33.0 Å². The molecule has 2 aliphatic heterocycles. The van der Waals surface area contributed by atoms with Gasteiger partial charge in [0, 0.05) is 49.1 Å². The third-order valence-electron chi connectivity index (χ3n) is 4.53. The Kier molecular flexibility index (Phi) is 5.56. The molecule has 0 aliphatic carbocycles. The molecular formula is C18H27N3O2S. The van der Waals surface area contributed by atoms with Crippen molar-refractivity contribution in [3.05, 3.63) is 23.8 Å². The standard InChI is InChI=1S/C18H27N3O2S/c1-13-10-16(20-6-8-24-9-7-20)4-5-17(13)19-18(22)21-11-14(2)23-15(3)12-21/h4-5,10,14-15H,6-9,11-12H2,1-3H3,(H,19,22)/t14-,15-/m0/s1. The van der Waals surface area contributed by atoms with Gasteiger partial charge in [-0.05, 0) is 44.5 Å². The fraction of sp³-hybridized carbons (Fsp3) is 0.611. The summed E-state index contributed by atoms with van der Waals surface area (Å²) >= 11 is 2.01. The number of aryl methyl sites for hydroxylation is 1. The molecule has 1 aromatic rings. The lowest BCUT2D eigenvalue weighted by Gasteiger charge is -2.35. The molecule has 5 nitrogen and oxygen atoms in total. The van der Waals surface area contributed by atoms with Gasteiger partial charge in [-0.2, -0.15) is 11.8 Å². The number of hydrogen-bond acceptors (Lipinski definition) is 4. The van der Waals surface area contributed by atoms with Gasteiger partial charge in [0.1, 0.15) is 0 Å². The molecule has 2 aliphatic rings. The number of carbonyl (C=O) groups is 1. The van der Waals surface area contributed by atoms with E-state index in [1.54, 1.807) is 0 Å². The molecule has 0 aromatic heterocycles. The third-order valence-corrected chi connectivity index (χ3v) is 5.48. The lowest BCUT2D eigenvalue weighted by atomic mass is 10.1. The molecule has 3 rings (SSSR count). The number of carbonyl (C=O) groups excluding carboxylic acids is 1. The van der Waals surface area contributed by atoms with Crippen LogP contribution in [0.15, 0.2) is 18.2 Å². The summed E-state index contributed by atoms with van der Waals surface area (Å²) in [6, 6.07) is 6.28. The van der Waals surface area contributed by atoms with Crippen molar-refractivity contribution < 1.29 is 9.53 Å². The second-order valence-electron chi connectivity index (χ2n) is 6.69. The molecule has 2 atom stereocenters. The van der Waals surface area contributed by atoms with E-state index >= 15 is 0 Å². The van der Waals surface area contributed by atoms with E-state index in [4.69, 9.17) is 4.74 Å². The Morgan fingerprint density at radius 2 is 1.88 bits per heavy atom. The van der Waals surface area contributed by atoms with E-state index in [-0.39, 0.29) is 18.2 Å². The number of ether oxygens (including phenoxy) is 1. The minimum Gasteiger partial charge on any atom is -0.372 e. The highest BCUT2D eigenvalue weighted by Crippen LogP contribution is 2.25. The highest BCUT2D eigenvalue weighted by atomic mass is 32.2. The fourth-order valence-corrected chi connectivity index (χ4v) is 4.25. The van der Waals surface area contributed by atoms with Crippen LogP contribution in [0.5, 0.6) is 0 Å². The molecule has 0 unspecified atom stereocenters. The SMILES string of the molecule is Cc1cc(N2CCSCC2)ccc1NC(=O)N1C[C@H](C)O[C@@H](C)C1. The number of morpholine rings is 1. The number of benzene rings is 1. The van der Waals surface area contributed by atoms with E-state index in [1.807, 2.05) is 36.6 Å². The minimum atomic E-state index is -0.0396. The van der Waals surface area contributed by atoms with E-state index in [9.17, 15) is 4.79 Å². The lowest BCUT2D eigenvalue weighted by molar-refractivity contribution is -0.0530. The number of nitrogens with zero attached hydrogens (tertiary/aromatic N) is 2. The Labute approximate surface area is 148 Å². The van der Waals surface area contributed by atoms with Crippen molar-refractivity contribution >= 4 is 29.2 Å². The van der Waals surface area contributed by atoms with Gasteiger partial charge in [0.2, 0.25) is 0 Å². The van der Waals surface area contributed by atoms with E-state index in [2.05, 4.69) is 29.3 Å². The first-order valence-electron chi connectivity index (χ1n) is 8.67. The maximum atomic E-state index is 12.5. The van der Waals surface area contributed by atoms with Gasteiger partial charge in [-0.15, -0.1) is 0 Å². The van der Waals surface area contributed by atoms with E-state index in [1.165, 1.54) is 17.2 Å². The van der Waals surface area contributed by atoms with Crippen LogP contribution < -0.4 is 10.2 Å². The molecule has 132 valence electrons. The van der Waals surface area contributed by atoms with Crippen LogP contribution in [-0.2, 0) is 4.74 Å². The van der Waals surface area contributed by atoms with Crippen molar-refractivity contribution in [1.82, 2.24) is 4.90 Å². The van der Waals surface area contributed by atoms with Crippen LogP contribution in [0.1, 0.15) is 19.4 Å². The Morgan fingerprint density at radius 1 is 1.21 bits per heavy atom. The Hall–Kier alpha value is -1.40. The van der Waals surface area contributed by atoms with Gasteiger partial charge in [0.05, 0.1) is 12.2 Å². The van der Waals surface area contributed by atoms with Crippen molar-refractivity contribution in [1.29, 1.82) is 0 Å². The number of rotatable bonds is 2. The van der Waals surface area contributed by atoms with Crippen molar-refractivity contribution in [3.63, 3.8) is 0 Å². The maximum absolute atomic E-state index is 12.5. The van der Waals surface area contributed by atoms with Crippen LogP contribution in [0, 0.1) is 6.92 Å². The summed E-state index contributed by atoms with van der Waals surface area (Å²) in [5.41, 5.74) is 3.25. The first-order chi connectivity index (χ1) is 11.5. The number of thioether (sulfide) groups is 1. The first kappa shape index (κ1) is 17.4. The summed E-state index contributed by atoms with van der Waals surface area (Å²) in [5.74, 6) is 2.37. The van der Waals surface area contributed by atoms with Crippen molar-refractivity contribution in [2.75, 3.05) is 47.9 Å². The second-order valence-corrected chi connectivity index (χ2v) is 7.92. The summed E-state index contributed by atoms with van der Waals surface area (Å²) in [6.45, 7) is 9.54. The average molecular weight is 350 g/mol. The molecule has 2 heterocycles. The molecule has 1 N–H and O–H groups in total. The molecule has 0 spiro atoms. The van der Waals surface area contributed by atoms with Gasteiger partial charge < -0.3 is 19.9 Å². The van der Waals surface area contributed by atoms with E-state index < -0.39 is 0 Å². The van der Waals surface area contributed by atoms with Gasteiger partial charge in [-0.25, -0.2) is 4.79 Å². The van der Waals surface area contributed by atoms with Gasteiger partial charge in [0.25, 0.3) is 0 Å². The summed E-state index contributed by atoms with van der Waals surface area (Å²) in [4.78, 5) is 16.8. The molecule has 24 heavy (non-hydrogen) atoms. The molecule has 1 aromatic carbocycles. The van der Waals surface area contributed by atoms with Crippen LogP contribution in [0.25, 0.3) is 0 Å². The number of urea groups is 1. The smallest absolute Gasteiger partial charge is 0.322 e. The van der Waals surface area contributed by atoms with Crippen LogP contribution in [-0.4, -0.2) is 60.8 Å². The number of amides is 2. The Balaban J connectivity index is 1.65. The predicted molar refractivity (Wildman–Crippen MR) is 101 cm³/mol. The quantitative estimate of drug-likeness (QED) is 0.891. The van der Waals surface area contributed by atoms with Crippen molar-refractivity contribution in [2.24, 2.45) is 0 Å². The molecular weight excluding hydrogens is 322 g/mol. The van der Waals surface area contributed by atoms with Gasteiger partial charge in [0.15, 0.2) is 0 Å². The normalized spacial score (nSPS) is 24.8. The molecule has 2 fully saturated rings. The highest BCUT2D eigenvalue weighted by molar-refractivity contribution is 7.99. The topological polar surface area (TPSA) is 44.8 Å². The Bertz CT molecular complexity index is 580. The minimum absolute atomic E-state index is 0.0396. The largest absolute Gasteiger partial charge is 0.372 e. The van der Waals surface area contributed by atoms with Crippen LogP contribution in [0.2, 0.25) is 0 Å². The molecule has 2 saturated heterocycles. The summed E-state index contributed by atoms with van der Waals surface area (Å²) in [7, 11) is 0. The number of hydrogen-bond donors (Lipinski definition) is 1. The van der Waals surface area contributed by atoms with Crippen molar-refractivity contribution in [3.8, 4) is 0 Å². The number of nitrogens with one attached hydrogen (secondary N) is 1. The summed E-state index contributed by atoms with van der Waals surface area (Å²) < 4.78 is 5.69. The number of anilines is 2. The van der Waals surface area contributed by atoms with Crippen LogP contribution in [0.3, 0.4) is 0 Å². The van der Waals surface area contributed by atoms with Gasteiger partial charge in [-0.3, -0.25) is 0 Å². The van der Waals surface area contributed by atoms with Gasteiger partial charge in [-0.1, -0.05) is 0 Å². The lowest BCUT2D eigenvalue weighted by Crippen LogP contribution is -2.49. The predicted octanol–water partition coefficient (Wildman–Crippen LogP) is 3.19. The molecule has 2 amide bonds. The highest BCUT2D eigenvalue weighted by Gasteiger charge is 2.26. The van der Waals surface area contributed by atoms with E-state index in [0.717, 1.165) is 24.3 Å². The summed E-state index contributed by atoms with van der Waals surface area (Å²) in [6.07, 6.45) is 0.167. The monoisotopic (exact) mass is 349 g/mol. The molecule has 0 bridgehead atoms. The first-order valence-corrected chi connectivity index (χ1v) is 9.83. The Morgan fingerprint density at radius 3 is 2.50 bits per heavy atom. The zero-order chi connectivity index (χ0) is 17.1. The summed E-state index contributed by atoms with van der Waals surface area (Å²) in [5, 5.41) is 3.06. The fourth-order valence-electron chi connectivity index (χ4n) is 3.34. The van der Waals surface area contributed by atoms with E-state index in [0.29, 0.717) is 13.1 Å². The second kappa shape index (κ2) is 7.66. The zero-order valence-electron chi connectivity index (χ0n) is 14.7.